The van der Waals surface area contributed by atoms with Crippen molar-refractivity contribution in [3.8, 4) is 0 Å². The fraction of sp³-hybridized carbons (Fsp3) is 0.846. The highest BCUT2D eigenvalue weighted by Crippen LogP contribution is 2.24. The van der Waals surface area contributed by atoms with Crippen molar-refractivity contribution in [3.05, 3.63) is 0 Å². The third-order valence-electron chi connectivity index (χ3n) is 4.11. The number of amides is 1. The molecule has 108 valence electrons. The molecule has 6 nitrogen and oxygen atoms in total. The van der Waals surface area contributed by atoms with Crippen LogP contribution in [-0.2, 0) is 14.3 Å². The maximum absolute atomic E-state index is 12.1. The van der Waals surface area contributed by atoms with E-state index in [1.54, 1.807) is 7.11 Å². The number of carbonyl (C=O) groups excluding carboxylic acids is 1. The molecule has 6 heteroatoms. The molecule has 4 unspecified atom stereocenters. The highest BCUT2D eigenvalue weighted by Gasteiger charge is 2.32. The van der Waals surface area contributed by atoms with Gasteiger partial charge in [0, 0.05) is 19.7 Å². The molecule has 1 aliphatic carbocycles. The van der Waals surface area contributed by atoms with Crippen LogP contribution >= 0.6 is 0 Å². The van der Waals surface area contributed by atoms with E-state index in [0.717, 1.165) is 19.3 Å². The molecule has 0 bridgehead atoms. The van der Waals surface area contributed by atoms with Crippen molar-refractivity contribution in [2.24, 2.45) is 5.92 Å². The molecular weight excluding hydrogens is 248 g/mol. The lowest BCUT2D eigenvalue weighted by Crippen LogP contribution is -2.47. The lowest BCUT2D eigenvalue weighted by molar-refractivity contribution is -0.143. The smallest absolute Gasteiger partial charge is 0.306 e. The van der Waals surface area contributed by atoms with Crippen LogP contribution in [0.15, 0.2) is 0 Å². The van der Waals surface area contributed by atoms with Crippen molar-refractivity contribution in [1.82, 2.24) is 10.6 Å². The van der Waals surface area contributed by atoms with Gasteiger partial charge in [-0.2, -0.15) is 0 Å². The fourth-order valence-corrected chi connectivity index (χ4v) is 2.93. The van der Waals surface area contributed by atoms with Crippen molar-refractivity contribution >= 4 is 11.9 Å². The van der Waals surface area contributed by atoms with Crippen LogP contribution in [0, 0.1) is 5.92 Å². The summed E-state index contributed by atoms with van der Waals surface area (Å²) in [6.45, 7) is 0.691. The van der Waals surface area contributed by atoms with Crippen LogP contribution < -0.4 is 10.6 Å². The minimum absolute atomic E-state index is 0.00857. The van der Waals surface area contributed by atoms with E-state index < -0.39 is 5.97 Å². The van der Waals surface area contributed by atoms with Gasteiger partial charge in [-0.15, -0.1) is 0 Å². The summed E-state index contributed by atoms with van der Waals surface area (Å²) in [5, 5.41) is 15.1. The van der Waals surface area contributed by atoms with Gasteiger partial charge in [0.2, 0.25) is 5.91 Å². The van der Waals surface area contributed by atoms with Crippen LogP contribution in [0.25, 0.3) is 0 Å². The van der Waals surface area contributed by atoms with E-state index in [9.17, 15) is 9.59 Å². The molecule has 0 aromatic rings. The summed E-state index contributed by atoms with van der Waals surface area (Å²) in [6.07, 6.45) is 3.76. The zero-order valence-electron chi connectivity index (χ0n) is 11.2. The molecule has 4 atom stereocenters. The van der Waals surface area contributed by atoms with E-state index in [1.165, 1.54) is 0 Å². The number of carboxylic acids is 1. The third kappa shape index (κ3) is 3.67. The molecule has 2 rings (SSSR count). The van der Waals surface area contributed by atoms with Gasteiger partial charge in [0.15, 0.2) is 0 Å². The third-order valence-corrected chi connectivity index (χ3v) is 4.11. The molecule has 1 aliphatic heterocycles. The number of nitrogens with one attached hydrogen (secondary N) is 2. The van der Waals surface area contributed by atoms with Crippen molar-refractivity contribution in [2.75, 3.05) is 13.7 Å². The van der Waals surface area contributed by atoms with Crippen molar-refractivity contribution in [1.29, 1.82) is 0 Å². The first-order valence-electron chi connectivity index (χ1n) is 6.89. The number of hydrogen-bond donors (Lipinski definition) is 3. The van der Waals surface area contributed by atoms with Gasteiger partial charge in [-0.3, -0.25) is 9.59 Å². The van der Waals surface area contributed by atoms with Crippen LogP contribution in [0.5, 0.6) is 0 Å². The second-order valence-corrected chi connectivity index (χ2v) is 5.46. The molecule has 2 aliphatic rings. The van der Waals surface area contributed by atoms with Crippen molar-refractivity contribution in [3.63, 3.8) is 0 Å². The molecule has 19 heavy (non-hydrogen) atoms. The normalized spacial score (nSPS) is 35.0. The molecular formula is C13H22N2O4. The first-order valence-corrected chi connectivity index (χ1v) is 6.89. The number of hydrogen-bond acceptors (Lipinski definition) is 4. The zero-order valence-corrected chi connectivity index (χ0v) is 11.2. The van der Waals surface area contributed by atoms with Crippen LogP contribution in [0.2, 0.25) is 0 Å². The van der Waals surface area contributed by atoms with E-state index >= 15 is 0 Å². The summed E-state index contributed by atoms with van der Waals surface area (Å²) in [5.41, 5.74) is 0. The number of carbonyl (C=O) groups is 2. The topological polar surface area (TPSA) is 87.7 Å². The Bertz CT molecular complexity index is 348. The average molecular weight is 270 g/mol. The Labute approximate surface area is 112 Å². The monoisotopic (exact) mass is 270 g/mol. The van der Waals surface area contributed by atoms with Gasteiger partial charge in [-0.05, 0) is 25.7 Å². The number of aliphatic carboxylic acids is 1. The molecule has 3 N–H and O–H groups in total. The van der Waals surface area contributed by atoms with Gasteiger partial charge in [-0.1, -0.05) is 6.42 Å². The summed E-state index contributed by atoms with van der Waals surface area (Å²) in [6, 6.07) is -0.221. The maximum atomic E-state index is 12.1. The quantitative estimate of drug-likeness (QED) is 0.675. The molecule has 1 heterocycles. The van der Waals surface area contributed by atoms with Gasteiger partial charge in [0.25, 0.3) is 0 Å². The minimum atomic E-state index is -0.752. The number of methoxy groups -OCH3 is 1. The van der Waals surface area contributed by atoms with Gasteiger partial charge in [0.05, 0.1) is 18.1 Å². The summed E-state index contributed by atoms with van der Waals surface area (Å²) >= 11 is 0. The van der Waals surface area contributed by atoms with E-state index in [4.69, 9.17) is 9.84 Å². The molecule has 0 radical (unpaired) electrons. The Morgan fingerprint density at radius 3 is 2.74 bits per heavy atom. The fourth-order valence-electron chi connectivity index (χ4n) is 2.93. The summed E-state index contributed by atoms with van der Waals surface area (Å²) in [4.78, 5) is 23.1. The number of ether oxygens (including phenoxy) is 1. The van der Waals surface area contributed by atoms with Gasteiger partial charge >= 0.3 is 5.97 Å². The SMILES string of the molecule is COC1CNC(C(=O)NC2CCCC(C(=O)O)C2)C1. The van der Waals surface area contributed by atoms with Crippen LogP contribution in [-0.4, -0.2) is 48.8 Å². The Morgan fingerprint density at radius 2 is 2.11 bits per heavy atom. The van der Waals surface area contributed by atoms with E-state index in [1.807, 2.05) is 0 Å². The molecule has 2 fully saturated rings. The average Bonchev–Trinajstić information content (AvgIpc) is 2.88. The maximum Gasteiger partial charge on any atom is 0.306 e. The largest absolute Gasteiger partial charge is 0.481 e. The Kier molecular flexibility index (Phi) is 4.76. The second kappa shape index (κ2) is 6.34. The lowest BCUT2D eigenvalue weighted by Gasteiger charge is -2.28. The van der Waals surface area contributed by atoms with E-state index in [-0.39, 0.29) is 30.0 Å². The molecule has 0 aromatic carbocycles. The first kappa shape index (κ1) is 14.3. The summed E-state index contributed by atoms with van der Waals surface area (Å²) in [7, 11) is 1.64. The van der Waals surface area contributed by atoms with Gasteiger partial charge in [0.1, 0.15) is 0 Å². The predicted molar refractivity (Wildman–Crippen MR) is 68.7 cm³/mol. The summed E-state index contributed by atoms with van der Waals surface area (Å²) in [5.74, 6) is -1.10. The molecule has 0 aromatic heterocycles. The van der Waals surface area contributed by atoms with Crippen LogP contribution in [0.4, 0.5) is 0 Å². The molecule has 1 saturated heterocycles. The summed E-state index contributed by atoms with van der Waals surface area (Å²) < 4.78 is 5.21. The van der Waals surface area contributed by atoms with Crippen LogP contribution in [0.3, 0.4) is 0 Å². The molecule has 1 amide bonds. The van der Waals surface area contributed by atoms with Gasteiger partial charge in [-0.25, -0.2) is 0 Å². The first-order chi connectivity index (χ1) is 9.10. The number of rotatable bonds is 4. The second-order valence-electron chi connectivity index (χ2n) is 5.46. The van der Waals surface area contributed by atoms with Crippen LogP contribution in [0.1, 0.15) is 32.1 Å². The lowest BCUT2D eigenvalue weighted by atomic mass is 9.85. The Hall–Kier alpha value is -1.14. The van der Waals surface area contributed by atoms with Crippen molar-refractivity contribution < 1.29 is 19.4 Å². The highest BCUT2D eigenvalue weighted by atomic mass is 16.5. The minimum Gasteiger partial charge on any atom is -0.481 e. The van der Waals surface area contributed by atoms with E-state index in [2.05, 4.69) is 10.6 Å². The zero-order chi connectivity index (χ0) is 13.8. The molecule has 1 saturated carbocycles. The molecule has 0 spiro atoms. The van der Waals surface area contributed by atoms with E-state index in [0.29, 0.717) is 19.4 Å². The Morgan fingerprint density at radius 1 is 1.32 bits per heavy atom. The van der Waals surface area contributed by atoms with Gasteiger partial charge < -0.3 is 20.5 Å². The van der Waals surface area contributed by atoms with Crippen molar-refractivity contribution in [2.45, 2.75) is 50.3 Å². The number of carboxylic acid groups (broad SMARTS) is 1. The predicted octanol–water partition coefficient (Wildman–Crippen LogP) is 0.123. The Balaban J connectivity index is 1.80. The standard InChI is InChI=1S/C13H22N2O4/c1-19-10-6-11(14-7-10)12(16)15-9-4-2-3-8(5-9)13(17)18/h8-11,14H,2-7H2,1H3,(H,15,16)(H,17,18). The highest BCUT2D eigenvalue weighted by molar-refractivity contribution is 5.82.